The predicted molar refractivity (Wildman–Crippen MR) is 67.5 cm³/mol. The van der Waals surface area contributed by atoms with Crippen molar-refractivity contribution >= 4 is 22.2 Å². The third kappa shape index (κ3) is 4.34. The zero-order chi connectivity index (χ0) is 11.3. The summed E-state index contributed by atoms with van der Waals surface area (Å²) in [5, 5.41) is 3.51. The minimum absolute atomic E-state index is 0.242. The molecule has 0 saturated carbocycles. The summed E-state index contributed by atoms with van der Waals surface area (Å²) in [7, 11) is -0.732. The number of nitrogen functional groups attached to an aromatic ring is 1. The molecule has 15 heavy (non-hydrogen) atoms. The van der Waals surface area contributed by atoms with Crippen molar-refractivity contribution in [2.24, 2.45) is 0 Å². The number of hydrogen-bond donors (Lipinski definition) is 2. The van der Waals surface area contributed by atoms with Gasteiger partial charge < -0.3 is 11.1 Å². The van der Waals surface area contributed by atoms with Crippen LogP contribution in [0.5, 0.6) is 0 Å². The molecular formula is C11H18N2OS. The lowest BCUT2D eigenvalue weighted by Gasteiger charge is -2.10. The van der Waals surface area contributed by atoms with Gasteiger partial charge in [-0.1, -0.05) is 6.92 Å². The van der Waals surface area contributed by atoms with E-state index in [0.717, 1.165) is 24.3 Å². The molecule has 0 heterocycles. The maximum Gasteiger partial charge on any atom is 0.0341 e. The van der Waals surface area contributed by atoms with E-state index in [9.17, 15) is 4.21 Å². The summed E-state index contributed by atoms with van der Waals surface area (Å²) in [4.78, 5) is 0. The summed E-state index contributed by atoms with van der Waals surface area (Å²) in [6, 6.07) is 7.62. The number of anilines is 2. The minimum Gasteiger partial charge on any atom is -0.399 e. The van der Waals surface area contributed by atoms with E-state index < -0.39 is 10.8 Å². The average molecular weight is 226 g/mol. The fourth-order valence-corrected chi connectivity index (χ4v) is 1.64. The zero-order valence-electron chi connectivity index (χ0n) is 9.19. The average Bonchev–Trinajstić information content (AvgIpc) is 2.20. The first-order valence-electron chi connectivity index (χ1n) is 5.01. The van der Waals surface area contributed by atoms with E-state index in [1.807, 2.05) is 31.2 Å². The smallest absolute Gasteiger partial charge is 0.0341 e. The van der Waals surface area contributed by atoms with E-state index in [0.29, 0.717) is 0 Å². The molecule has 1 aromatic carbocycles. The van der Waals surface area contributed by atoms with Crippen LogP contribution >= 0.6 is 0 Å². The van der Waals surface area contributed by atoms with Crippen molar-refractivity contribution in [1.82, 2.24) is 0 Å². The van der Waals surface area contributed by atoms with Gasteiger partial charge >= 0.3 is 0 Å². The van der Waals surface area contributed by atoms with Crippen molar-refractivity contribution < 1.29 is 4.21 Å². The third-order valence-electron chi connectivity index (χ3n) is 2.36. The molecule has 0 amide bonds. The van der Waals surface area contributed by atoms with Crippen LogP contribution in [0.4, 0.5) is 11.4 Å². The van der Waals surface area contributed by atoms with Crippen LogP contribution in [0.15, 0.2) is 24.3 Å². The number of rotatable bonds is 5. The lowest BCUT2D eigenvalue weighted by molar-refractivity contribution is 0.672. The van der Waals surface area contributed by atoms with Gasteiger partial charge in [-0.2, -0.15) is 0 Å². The van der Waals surface area contributed by atoms with Crippen LogP contribution in [-0.4, -0.2) is 22.3 Å². The highest BCUT2D eigenvalue weighted by molar-refractivity contribution is 7.84. The van der Waals surface area contributed by atoms with Gasteiger partial charge in [-0.05, 0) is 30.7 Å². The van der Waals surface area contributed by atoms with Gasteiger partial charge in [0.2, 0.25) is 0 Å². The Balaban J connectivity index is 2.32. The lowest BCUT2D eigenvalue weighted by atomic mass is 10.2. The Bertz CT molecular complexity index is 324. The Hall–Kier alpha value is -1.03. The first-order chi connectivity index (χ1) is 7.09. The van der Waals surface area contributed by atoms with Crippen LogP contribution in [0.2, 0.25) is 0 Å². The monoisotopic (exact) mass is 226 g/mol. The standard InChI is InChI=1S/C11H18N2OS/c1-9(15(2)14)7-8-13-11-5-3-10(12)4-6-11/h3-6,9,13H,7-8,12H2,1-2H3. The second-order valence-electron chi connectivity index (χ2n) is 3.65. The molecular weight excluding hydrogens is 208 g/mol. The summed E-state index contributed by atoms with van der Waals surface area (Å²) in [5.74, 6) is 0. The second-order valence-corrected chi connectivity index (χ2v) is 5.45. The molecule has 0 fully saturated rings. The quantitative estimate of drug-likeness (QED) is 0.753. The molecule has 1 rings (SSSR count). The first kappa shape index (κ1) is 12.0. The van der Waals surface area contributed by atoms with Crippen LogP contribution in [0.3, 0.4) is 0 Å². The Morgan fingerprint density at radius 1 is 1.40 bits per heavy atom. The molecule has 2 unspecified atom stereocenters. The normalized spacial score (nSPS) is 14.5. The molecule has 0 radical (unpaired) electrons. The summed E-state index contributed by atoms with van der Waals surface area (Å²) >= 11 is 0. The Morgan fingerprint density at radius 3 is 2.53 bits per heavy atom. The molecule has 0 aliphatic carbocycles. The van der Waals surface area contributed by atoms with Crippen LogP contribution in [0.1, 0.15) is 13.3 Å². The molecule has 0 spiro atoms. The van der Waals surface area contributed by atoms with Crippen molar-refractivity contribution in [2.75, 3.05) is 23.9 Å². The molecule has 0 aliphatic heterocycles. The molecule has 2 atom stereocenters. The van der Waals surface area contributed by atoms with Gasteiger partial charge in [0.15, 0.2) is 0 Å². The largest absolute Gasteiger partial charge is 0.399 e. The van der Waals surface area contributed by atoms with Crippen LogP contribution in [0.25, 0.3) is 0 Å². The Morgan fingerprint density at radius 2 is 2.00 bits per heavy atom. The summed E-state index contributed by atoms with van der Waals surface area (Å²) in [5.41, 5.74) is 7.40. The van der Waals surface area contributed by atoms with Gasteiger partial charge in [-0.3, -0.25) is 4.21 Å². The highest BCUT2D eigenvalue weighted by atomic mass is 32.2. The van der Waals surface area contributed by atoms with Gasteiger partial charge in [0, 0.05) is 40.2 Å². The van der Waals surface area contributed by atoms with Gasteiger partial charge in [-0.15, -0.1) is 0 Å². The van der Waals surface area contributed by atoms with Crippen molar-refractivity contribution in [3.63, 3.8) is 0 Å². The van der Waals surface area contributed by atoms with E-state index in [4.69, 9.17) is 5.73 Å². The highest BCUT2D eigenvalue weighted by Gasteiger charge is 2.04. The molecule has 0 aromatic heterocycles. The fraction of sp³-hybridized carbons (Fsp3) is 0.455. The van der Waals surface area contributed by atoms with Crippen molar-refractivity contribution in [3.8, 4) is 0 Å². The highest BCUT2D eigenvalue weighted by Crippen LogP contribution is 2.10. The van der Waals surface area contributed by atoms with Crippen molar-refractivity contribution in [3.05, 3.63) is 24.3 Å². The predicted octanol–water partition coefficient (Wildman–Crippen LogP) is 1.84. The minimum atomic E-state index is -0.732. The van der Waals surface area contributed by atoms with Gasteiger partial charge in [0.1, 0.15) is 0 Å². The van der Waals surface area contributed by atoms with Crippen molar-refractivity contribution in [1.29, 1.82) is 0 Å². The van der Waals surface area contributed by atoms with Gasteiger partial charge in [0.25, 0.3) is 0 Å². The Kier molecular flexibility index (Phi) is 4.62. The number of nitrogens with two attached hydrogens (primary N) is 1. The van der Waals surface area contributed by atoms with E-state index in [-0.39, 0.29) is 5.25 Å². The fourth-order valence-electron chi connectivity index (χ4n) is 1.19. The SMILES string of the molecule is CC(CCNc1ccc(N)cc1)S(C)=O. The molecule has 3 N–H and O–H groups in total. The molecule has 3 nitrogen and oxygen atoms in total. The van der Waals surface area contributed by atoms with E-state index in [1.165, 1.54) is 0 Å². The number of benzene rings is 1. The molecule has 0 saturated heterocycles. The topological polar surface area (TPSA) is 55.1 Å². The van der Waals surface area contributed by atoms with Crippen LogP contribution in [-0.2, 0) is 10.8 Å². The van der Waals surface area contributed by atoms with Crippen molar-refractivity contribution in [2.45, 2.75) is 18.6 Å². The number of nitrogens with one attached hydrogen (secondary N) is 1. The summed E-state index contributed by atoms with van der Waals surface area (Å²) in [6.07, 6.45) is 2.65. The molecule has 0 bridgehead atoms. The molecule has 1 aromatic rings. The molecule has 84 valence electrons. The maximum atomic E-state index is 11.1. The van der Waals surface area contributed by atoms with Crippen LogP contribution < -0.4 is 11.1 Å². The van der Waals surface area contributed by atoms with Gasteiger partial charge in [-0.25, -0.2) is 0 Å². The Labute approximate surface area is 93.5 Å². The lowest BCUT2D eigenvalue weighted by Crippen LogP contribution is -2.14. The zero-order valence-corrected chi connectivity index (χ0v) is 10.0. The second kappa shape index (κ2) is 5.75. The molecule has 4 heteroatoms. The van der Waals surface area contributed by atoms with Crippen LogP contribution in [0, 0.1) is 0 Å². The summed E-state index contributed by atoms with van der Waals surface area (Å²) in [6.45, 7) is 2.84. The summed E-state index contributed by atoms with van der Waals surface area (Å²) < 4.78 is 11.1. The van der Waals surface area contributed by atoms with E-state index in [1.54, 1.807) is 6.26 Å². The third-order valence-corrected chi connectivity index (χ3v) is 3.73. The molecule has 0 aliphatic rings. The van der Waals surface area contributed by atoms with E-state index in [2.05, 4.69) is 5.32 Å². The number of hydrogen-bond acceptors (Lipinski definition) is 3. The van der Waals surface area contributed by atoms with Gasteiger partial charge in [0.05, 0.1) is 0 Å². The first-order valence-corrected chi connectivity index (χ1v) is 6.63. The van der Waals surface area contributed by atoms with E-state index >= 15 is 0 Å². The maximum absolute atomic E-state index is 11.1.